The maximum absolute atomic E-state index is 6.31. The van der Waals surface area contributed by atoms with Gasteiger partial charge in [-0.05, 0) is 38.7 Å². The molecule has 0 saturated carbocycles. The van der Waals surface area contributed by atoms with E-state index in [1.165, 1.54) is 5.69 Å². The maximum atomic E-state index is 6.31. The lowest BCUT2D eigenvalue weighted by Crippen LogP contribution is -2.34. The number of aromatic nitrogens is 2. The smallest absolute Gasteiger partial charge is 0.125 e. The van der Waals surface area contributed by atoms with E-state index in [1.807, 2.05) is 6.92 Å². The summed E-state index contributed by atoms with van der Waals surface area (Å²) in [6.45, 7) is 9.15. The van der Waals surface area contributed by atoms with Crippen LogP contribution in [-0.4, -0.2) is 59.9 Å². The fourth-order valence-electron chi connectivity index (χ4n) is 3.75. The molecule has 2 saturated heterocycles. The van der Waals surface area contributed by atoms with Crippen LogP contribution >= 0.6 is 0 Å². The Bertz CT molecular complexity index is 515. The molecule has 134 valence electrons. The Morgan fingerprint density at radius 2 is 1.96 bits per heavy atom. The summed E-state index contributed by atoms with van der Waals surface area (Å²) in [6, 6.07) is 2.17. The highest BCUT2D eigenvalue weighted by Gasteiger charge is 2.27. The first-order chi connectivity index (χ1) is 11.7. The number of hydrogen-bond donors (Lipinski definition) is 0. The second-order valence-electron chi connectivity index (χ2n) is 7.08. The van der Waals surface area contributed by atoms with Gasteiger partial charge in [-0.3, -0.25) is 4.90 Å². The Morgan fingerprint density at radius 3 is 2.83 bits per heavy atom. The van der Waals surface area contributed by atoms with Crippen molar-refractivity contribution in [1.29, 1.82) is 0 Å². The first-order valence-corrected chi connectivity index (χ1v) is 9.52. The van der Waals surface area contributed by atoms with Crippen LogP contribution in [0.3, 0.4) is 0 Å². The van der Waals surface area contributed by atoms with Gasteiger partial charge in [-0.2, -0.15) is 0 Å². The summed E-state index contributed by atoms with van der Waals surface area (Å²) < 4.78 is 11.8. The van der Waals surface area contributed by atoms with Crippen LogP contribution < -0.4 is 0 Å². The van der Waals surface area contributed by atoms with Crippen molar-refractivity contribution in [2.75, 3.05) is 32.8 Å². The normalized spacial score (nSPS) is 25.8. The van der Waals surface area contributed by atoms with Crippen molar-refractivity contribution in [3.8, 4) is 0 Å². The molecule has 2 atom stereocenters. The second kappa shape index (κ2) is 8.88. The minimum atomic E-state index is 0.307. The van der Waals surface area contributed by atoms with Crippen LogP contribution in [0.4, 0.5) is 0 Å². The van der Waals surface area contributed by atoms with Crippen LogP contribution in [0.25, 0.3) is 0 Å². The van der Waals surface area contributed by atoms with E-state index in [0.29, 0.717) is 12.2 Å². The van der Waals surface area contributed by atoms with Crippen molar-refractivity contribution >= 4 is 0 Å². The van der Waals surface area contributed by atoms with Gasteiger partial charge >= 0.3 is 0 Å². The number of rotatable bonds is 6. The molecule has 2 fully saturated rings. The van der Waals surface area contributed by atoms with Gasteiger partial charge in [0, 0.05) is 44.0 Å². The fourth-order valence-corrected chi connectivity index (χ4v) is 3.75. The first kappa shape index (κ1) is 17.8. The monoisotopic (exact) mass is 333 g/mol. The fraction of sp³-hybridized carbons (Fsp3) is 0.789. The Balaban J connectivity index is 1.50. The highest BCUT2D eigenvalue weighted by atomic mass is 16.5. The molecule has 0 unspecified atom stereocenters. The Kier molecular flexibility index (Phi) is 6.58. The van der Waals surface area contributed by atoms with Gasteiger partial charge in [0.1, 0.15) is 5.82 Å². The zero-order valence-electron chi connectivity index (χ0n) is 15.2. The van der Waals surface area contributed by atoms with Gasteiger partial charge in [0.2, 0.25) is 0 Å². The molecule has 0 N–H and O–H groups in total. The minimum Gasteiger partial charge on any atom is -0.380 e. The molecule has 1 aromatic rings. The highest BCUT2D eigenvalue weighted by molar-refractivity contribution is 5.12. The standard InChI is InChI=1S/C19H31N3O2/c1-3-5-16-12-17(21-15(2)20-16)13-18-6-7-19(24-18)14-22-8-4-10-23-11-9-22/h12,18-19H,3-11,13-14H2,1-2H3/t18-,19+/m0/s1. The summed E-state index contributed by atoms with van der Waals surface area (Å²) in [5.74, 6) is 0.884. The number of nitrogens with zero attached hydrogens (tertiary/aromatic N) is 3. The van der Waals surface area contributed by atoms with Gasteiger partial charge in [-0.25, -0.2) is 9.97 Å². The van der Waals surface area contributed by atoms with E-state index in [9.17, 15) is 0 Å². The van der Waals surface area contributed by atoms with Crippen LogP contribution in [0.5, 0.6) is 0 Å². The van der Waals surface area contributed by atoms with Gasteiger partial charge in [0.05, 0.1) is 18.8 Å². The minimum absolute atomic E-state index is 0.307. The Morgan fingerprint density at radius 1 is 1.12 bits per heavy atom. The van der Waals surface area contributed by atoms with Crippen molar-refractivity contribution in [1.82, 2.24) is 14.9 Å². The Labute approximate surface area is 145 Å². The molecule has 5 nitrogen and oxygen atoms in total. The molecule has 0 amide bonds. The molecule has 24 heavy (non-hydrogen) atoms. The summed E-state index contributed by atoms with van der Waals surface area (Å²) in [4.78, 5) is 11.6. The number of ether oxygens (including phenoxy) is 2. The molecule has 2 aliphatic rings. The predicted molar refractivity (Wildman–Crippen MR) is 94.2 cm³/mol. The molecule has 0 aliphatic carbocycles. The summed E-state index contributed by atoms with van der Waals surface area (Å²) in [6.07, 6.45) is 7.18. The van der Waals surface area contributed by atoms with E-state index in [4.69, 9.17) is 9.47 Å². The zero-order valence-corrected chi connectivity index (χ0v) is 15.2. The maximum Gasteiger partial charge on any atom is 0.125 e. The number of aryl methyl sites for hydroxylation is 2. The van der Waals surface area contributed by atoms with Crippen molar-refractivity contribution < 1.29 is 9.47 Å². The van der Waals surface area contributed by atoms with Crippen LogP contribution in [0.2, 0.25) is 0 Å². The van der Waals surface area contributed by atoms with Gasteiger partial charge < -0.3 is 9.47 Å². The van der Waals surface area contributed by atoms with Gasteiger partial charge in [0.25, 0.3) is 0 Å². The molecular weight excluding hydrogens is 302 g/mol. The molecule has 1 aromatic heterocycles. The predicted octanol–water partition coefficient (Wildman–Crippen LogP) is 2.55. The topological polar surface area (TPSA) is 47.5 Å². The van der Waals surface area contributed by atoms with Crippen molar-refractivity contribution in [3.63, 3.8) is 0 Å². The van der Waals surface area contributed by atoms with E-state index in [-0.39, 0.29) is 0 Å². The van der Waals surface area contributed by atoms with Crippen LogP contribution in [0, 0.1) is 6.92 Å². The quantitative estimate of drug-likeness (QED) is 0.801. The van der Waals surface area contributed by atoms with E-state index in [0.717, 1.165) is 82.9 Å². The average Bonchev–Trinajstić information content (AvgIpc) is 2.80. The van der Waals surface area contributed by atoms with Crippen molar-refractivity contribution in [3.05, 3.63) is 23.3 Å². The van der Waals surface area contributed by atoms with Gasteiger partial charge in [-0.1, -0.05) is 13.3 Å². The van der Waals surface area contributed by atoms with Crippen molar-refractivity contribution in [2.45, 2.75) is 64.6 Å². The number of hydrogen-bond acceptors (Lipinski definition) is 5. The molecular formula is C19H31N3O2. The third-order valence-corrected chi connectivity index (χ3v) is 4.86. The van der Waals surface area contributed by atoms with E-state index in [1.54, 1.807) is 0 Å². The van der Waals surface area contributed by atoms with Crippen LogP contribution in [-0.2, 0) is 22.3 Å². The lowest BCUT2D eigenvalue weighted by Gasteiger charge is -2.23. The summed E-state index contributed by atoms with van der Waals surface area (Å²) >= 11 is 0. The van der Waals surface area contributed by atoms with Gasteiger partial charge in [-0.15, -0.1) is 0 Å². The third-order valence-electron chi connectivity index (χ3n) is 4.86. The summed E-state index contributed by atoms with van der Waals surface area (Å²) in [5, 5.41) is 0. The molecule has 0 radical (unpaired) electrons. The third kappa shape index (κ3) is 5.23. The summed E-state index contributed by atoms with van der Waals surface area (Å²) in [7, 11) is 0. The van der Waals surface area contributed by atoms with Crippen molar-refractivity contribution in [2.24, 2.45) is 0 Å². The zero-order chi connectivity index (χ0) is 16.8. The van der Waals surface area contributed by atoms with E-state index >= 15 is 0 Å². The summed E-state index contributed by atoms with van der Waals surface area (Å²) in [5.41, 5.74) is 2.30. The molecule has 0 spiro atoms. The average molecular weight is 333 g/mol. The highest BCUT2D eigenvalue weighted by Crippen LogP contribution is 2.24. The van der Waals surface area contributed by atoms with Crippen LogP contribution in [0.1, 0.15) is 49.8 Å². The largest absolute Gasteiger partial charge is 0.380 e. The lowest BCUT2D eigenvalue weighted by atomic mass is 10.1. The van der Waals surface area contributed by atoms with E-state index < -0.39 is 0 Å². The Hall–Kier alpha value is -1.04. The molecule has 3 heterocycles. The first-order valence-electron chi connectivity index (χ1n) is 9.52. The van der Waals surface area contributed by atoms with Crippen LogP contribution in [0.15, 0.2) is 6.07 Å². The SMILES string of the molecule is CCCc1cc(C[C@@H]2CC[C@H](CN3CCCOCC3)O2)nc(C)n1. The molecule has 0 aromatic carbocycles. The molecule has 2 aliphatic heterocycles. The molecule has 0 bridgehead atoms. The second-order valence-corrected chi connectivity index (χ2v) is 7.08. The molecule has 3 rings (SSSR count). The van der Waals surface area contributed by atoms with E-state index in [2.05, 4.69) is 27.9 Å². The lowest BCUT2D eigenvalue weighted by molar-refractivity contribution is 0.0224. The molecule has 5 heteroatoms. The van der Waals surface area contributed by atoms with Gasteiger partial charge in [0.15, 0.2) is 0 Å².